The normalized spacial score (nSPS) is 24.2. The Morgan fingerprint density at radius 3 is 2.74 bits per heavy atom. The van der Waals surface area contributed by atoms with E-state index in [2.05, 4.69) is 22.2 Å². The van der Waals surface area contributed by atoms with E-state index in [1.165, 1.54) is 0 Å². The third kappa shape index (κ3) is 3.90. The summed E-state index contributed by atoms with van der Waals surface area (Å²) in [6, 6.07) is 10.9. The molecule has 0 aromatic heterocycles. The molecule has 2 aromatic carbocycles. The molecule has 0 aliphatic carbocycles. The van der Waals surface area contributed by atoms with Gasteiger partial charge in [-0.3, -0.25) is 14.9 Å². The molecule has 164 valence electrons. The van der Waals surface area contributed by atoms with E-state index >= 15 is 0 Å². The monoisotopic (exact) mass is 459 g/mol. The molecule has 0 saturated carbocycles. The Morgan fingerprint density at radius 1 is 1.32 bits per heavy atom. The molecular formula is C23H26ClN3O3S. The maximum absolute atomic E-state index is 13.5. The van der Waals surface area contributed by atoms with Crippen LogP contribution < -0.4 is 20.7 Å². The number of nitrogens with one attached hydrogen (secondary N) is 3. The summed E-state index contributed by atoms with van der Waals surface area (Å²) in [5, 5.41) is 10.1. The van der Waals surface area contributed by atoms with Crippen LogP contribution in [-0.4, -0.2) is 37.0 Å². The molecule has 2 heterocycles. The summed E-state index contributed by atoms with van der Waals surface area (Å²) in [5.41, 5.74) is 1.91. The second-order valence-electron chi connectivity index (χ2n) is 8.04. The van der Waals surface area contributed by atoms with E-state index in [0.29, 0.717) is 22.9 Å². The van der Waals surface area contributed by atoms with E-state index in [0.717, 1.165) is 29.0 Å². The summed E-state index contributed by atoms with van der Waals surface area (Å²) < 4.78 is 5.19. The SMILES string of the molecule is COc1ccc(NC(=O)[C@H]2C[C@H](CCSC)N[C@]23C(=O)Nc2c(C)cc(Cl)cc23)cc1. The minimum absolute atomic E-state index is 0.0510. The summed E-state index contributed by atoms with van der Waals surface area (Å²) in [6.07, 6.45) is 3.50. The molecule has 0 unspecified atom stereocenters. The van der Waals surface area contributed by atoms with Gasteiger partial charge in [-0.1, -0.05) is 11.6 Å². The average Bonchev–Trinajstić information content (AvgIpc) is 3.27. The molecule has 2 aliphatic heterocycles. The molecule has 0 bridgehead atoms. The van der Waals surface area contributed by atoms with Crippen LogP contribution in [0.5, 0.6) is 5.75 Å². The third-order valence-corrected chi connectivity index (χ3v) is 7.00. The number of carbonyl (C=O) groups is 2. The first-order chi connectivity index (χ1) is 14.9. The fourth-order valence-electron chi connectivity index (χ4n) is 4.64. The zero-order valence-corrected chi connectivity index (χ0v) is 19.3. The highest BCUT2D eigenvalue weighted by atomic mass is 35.5. The van der Waals surface area contributed by atoms with Gasteiger partial charge in [0, 0.05) is 28.0 Å². The number of benzene rings is 2. The predicted octanol–water partition coefficient (Wildman–Crippen LogP) is 4.17. The second kappa shape index (κ2) is 8.73. The number of hydrogen-bond donors (Lipinski definition) is 3. The van der Waals surface area contributed by atoms with Gasteiger partial charge < -0.3 is 15.4 Å². The molecule has 3 N–H and O–H groups in total. The van der Waals surface area contributed by atoms with E-state index < -0.39 is 11.5 Å². The van der Waals surface area contributed by atoms with Gasteiger partial charge in [0.05, 0.1) is 13.0 Å². The van der Waals surface area contributed by atoms with Gasteiger partial charge in [0.25, 0.3) is 0 Å². The Balaban J connectivity index is 1.71. The Hall–Kier alpha value is -2.22. The molecule has 3 atom stereocenters. The number of hydrogen-bond acceptors (Lipinski definition) is 5. The average molecular weight is 460 g/mol. The van der Waals surface area contributed by atoms with Crippen molar-refractivity contribution in [3.8, 4) is 5.75 Å². The molecule has 0 radical (unpaired) electrons. The Labute approximate surface area is 191 Å². The number of amides is 2. The first kappa shape index (κ1) is 22.0. The Kier molecular flexibility index (Phi) is 6.19. The lowest BCUT2D eigenvalue weighted by Crippen LogP contribution is -2.52. The fraction of sp³-hybridized carbons (Fsp3) is 0.391. The lowest BCUT2D eigenvalue weighted by atomic mass is 9.79. The number of carbonyl (C=O) groups excluding carboxylic acids is 2. The van der Waals surface area contributed by atoms with Gasteiger partial charge in [-0.05, 0) is 73.7 Å². The van der Waals surface area contributed by atoms with E-state index in [4.69, 9.17) is 16.3 Å². The van der Waals surface area contributed by atoms with Crippen molar-refractivity contribution in [2.45, 2.75) is 31.3 Å². The molecule has 31 heavy (non-hydrogen) atoms. The Bertz CT molecular complexity index is 1010. The zero-order chi connectivity index (χ0) is 22.2. The minimum atomic E-state index is -1.13. The zero-order valence-electron chi connectivity index (χ0n) is 17.8. The number of fused-ring (bicyclic) bond motifs is 2. The van der Waals surface area contributed by atoms with Crippen molar-refractivity contribution in [3.63, 3.8) is 0 Å². The summed E-state index contributed by atoms with van der Waals surface area (Å²) in [4.78, 5) is 26.8. The van der Waals surface area contributed by atoms with Crippen molar-refractivity contribution in [3.05, 3.63) is 52.5 Å². The van der Waals surface area contributed by atoms with E-state index in [-0.39, 0.29) is 17.9 Å². The van der Waals surface area contributed by atoms with Crippen LogP contribution in [0, 0.1) is 12.8 Å². The van der Waals surface area contributed by atoms with Gasteiger partial charge in [-0.25, -0.2) is 0 Å². The highest BCUT2D eigenvalue weighted by molar-refractivity contribution is 7.98. The van der Waals surface area contributed by atoms with Crippen LogP contribution >= 0.6 is 23.4 Å². The second-order valence-corrected chi connectivity index (χ2v) is 9.46. The van der Waals surface area contributed by atoms with E-state index in [9.17, 15) is 9.59 Å². The highest BCUT2D eigenvalue weighted by Gasteiger charge is 2.60. The summed E-state index contributed by atoms with van der Waals surface area (Å²) in [5.74, 6) is 0.701. The number of aryl methyl sites for hydroxylation is 1. The third-order valence-electron chi connectivity index (χ3n) is 6.14. The number of ether oxygens (including phenoxy) is 1. The topological polar surface area (TPSA) is 79.5 Å². The van der Waals surface area contributed by atoms with E-state index in [1.54, 1.807) is 49.2 Å². The standard InChI is InChI=1S/C23H26ClN3O3S/c1-13-10-14(24)11-18-20(13)26-22(29)23(18)19(12-16(27-23)8-9-31-3)21(28)25-15-4-6-17(30-2)7-5-15/h4-7,10-11,16,19,27H,8-9,12H2,1-3H3,(H,25,28)(H,26,29)/t16-,19+,23-/m0/s1. The lowest BCUT2D eigenvalue weighted by molar-refractivity contribution is -0.130. The summed E-state index contributed by atoms with van der Waals surface area (Å²) in [7, 11) is 1.60. The van der Waals surface area contributed by atoms with Gasteiger partial charge in [0.15, 0.2) is 0 Å². The predicted molar refractivity (Wildman–Crippen MR) is 126 cm³/mol. The number of rotatable bonds is 6. The van der Waals surface area contributed by atoms with E-state index in [1.807, 2.05) is 13.0 Å². The molecule has 1 spiro atoms. The highest BCUT2D eigenvalue weighted by Crippen LogP contribution is 2.49. The van der Waals surface area contributed by atoms with Crippen LogP contribution in [0.2, 0.25) is 5.02 Å². The van der Waals surface area contributed by atoms with Gasteiger partial charge in [0.2, 0.25) is 11.8 Å². The first-order valence-electron chi connectivity index (χ1n) is 10.2. The van der Waals surface area contributed by atoms with Crippen molar-refractivity contribution in [1.29, 1.82) is 0 Å². The largest absolute Gasteiger partial charge is 0.497 e. The maximum atomic E-state index is 13.5. The Morgan fingerprint density at radius 2 is 2.06 bits per heavy atom. The van der Waals surface area contributed by atoms with Gasteiger partial charge in [-0.15, -0.1) is 0 Å². The molecule has 2 aromatic rings. The molecule has 6 nitrogen and oxygen atoms in total. The summed E-state index contributed by atoms with van der Waals surface area (Å²) >= 11 is 8.11. The van der Waals surface area contributed by atoms with Crippen LogP contribution in [0.4, 0.5) is 11.4 Å². The quantitative estimate of drug-likeness (QED) is 0.604. The molecule has 8 heteroatoms. The van der Waals surface area contributed by atoms with Crippen LogP contribution in [0.1, 0.15) is 24.0 Å². The maximum Gasteiger partial charge on any atom is 0.250 e. The van der Waals surface area contributed by atoms with Crippen LogP contribution in [0.15, 0.2) is 36.4 Å². The molecule has 1 fully saturated rings. The van der Waals surface area contributed by atoms with Crippen molar-refractivity contribution in [2.75, 3.05) is 29.8 Å². The van der Waals surface area contributed by atoms with Crippen LogP contribution in [-0.2, 0) is 15.1 Å². The fourth-order valence-corrected chi connectivity index (χ4v) is 5.44. The van der Waals surface area contributed by atoms with Crippen LogP contribution in [0.25, 0.3) is 0 Å². The van der Waals surface area contributed by atoms with Crippen molar-refractivity contribution in [1.82, 2.24) is 5.32 Å². The van der Waals surface area contributed by atoms with Gasteiger partial charge in [0.1, 0.15) is 11.3 Å². The van der Waals surface area contributed by atoms with Crippen LogP contribution in [0.3, 0.4) is 0 Å². The van der Waals surface area contributed by atoms with Gasteiger partial charge in [-0.2, -0.15) is 11.8 Å². The van der Waals surface area contributed by atoms with Crippen molar-refractivity contribution >= 4 is 46.6 Å². The molecule has 2 amide bonds. The van der Waals surface area contributed by atoms with Crippen molar-refractivity contribution < 1.29 is 14.3 Å². The minimum Gasteiger partial charge on any atom is -0.497 e. The number of thioether (sulfide) groups is 1. The number of methoxy groups -OCH3 is 1. The number of halogens is 1. The molecule has 1 saturated heterocycles. The van der Waals surface area contributed by atoms with Gasteiger partial charge >= 0.3 is 0 Å². The molecular weight excluding hydrogens is 434 g/mol. The smallest absolute Gasteiger partial charge is 0.250 e. The lowest BCUT2D eigenvalue weighted by Gasteiger charge is -2.29. The molecule has 2 aliphatic rings. The number of anilines is 2. The first-order valence-corrected chi connectivity index (χ1v) is 12.0. The molecule has 4 rings (SSSR count). The van der Waals surface area contributed by atoms with Crippen molar-refractivity contribution in [2.24, 2.45) is 5.92 Å². The summed E-state index contributed by atoms with van der Waals surface area (Å²) in [6.45, 7) is 1.91.